The molecule has 2 aromatic rings. The number of ether oxygens (including phenoxy) is 1. The highest BCUT2D eigenvalue weighted by molar-refractivity contribution is 6.30. The van der Waals surface area contributed by atoms with Crippen LogP contribution in [0.4, 0.5) is 0 Å². The molecule has 0 unspecified atom stereocenters. The van der Waals surface area contributed by atoms with Crippen molar-refractivity contribution in [2.24, 2.45) is 0 Å². The lowest BCUT2D eigenvalue weighted by Gasteiger charge is -2.37. The van der Waals surface area contributed by atoms with Gasteiger partial charge < -0.3 is 4.74 Å². The summed E-state index contributed by atoms with van der Waals surface area (Å²) >= 11 is 5.96. The van der Waals surface area contributed by atoms with Crippen LogP contribution in [0, 0.1) is 0 Å². The topological polar surface area (TPSA) is 12.5 Å². The maximum atomic E-state index is 5.96. The molecule has 3 heteroatoms. The summed E-state index contributed by atoms with van der Waals surface area (Å²) in [6.07, 6.45) is 0.127. The molecule has 2 aromatic carbocycles. The molecule has 1 aliphatic heterocycles. The third-order valence-corrected chi connectivity index (χ3v) is 4.42. The summed E-state index contributed by atoms with van der Waals surface area (Å²) in [5.74, 6) is 0. The molecule has 1 aliphatic rings. The van der Waals surface area contributed by atoms with E-state index >= 15 is 0 Å². The van der Waals surface area contributed by atoms with Crippen molar-refractivity contribution in [3.63, 3.8) is 0 Å². The number of rotatable bonds is 3. The summed E-state index contributed by atoms with van der Waals surface area (Å²) in [6, 6.07) is 19.0. The van der Waals surface area contributed by atoms with Crippen LogP contribution < -0.4 is 0 Å². The Bertz CT molecular complexity index is 570. The zero-order valence-electron chi connectivity index (χ0n) is 12.2. The first-order valence-corrected chi connectivity index (χ1v) is 7.78. The number of benzene rings is 2. The maximum Gasteiger partial charge on any atom is 0.0952 e. The first-order chi connectivity index (χ1) is 10.2. The average Bonchev–Trinajstić information content (AvgIpc) is 2.56. The third-order valence-electron chi connectivity index (χ3n) is 4.17. The van der Waals surface area contributed by atoms with E-state index in [1.165, 1.54) is 11.1 Å². The second-order valence-electron chi connectivity index (χ2n) is 5.49. The Balaban J connectivity index is 1.72. The van der Waals surface area contributed by atoms with Gasteiger partial charge in [-0.05, 0) is 30.2 Å². The van der Waals surface area contributed by atoms with Gasteiger partial charge in [-0.1, -0.05) is 54.1 Å². The normalized spacial score (nSPS) is 21.1. The van der Waals surface area contributed by atoms with Crippen LogP contribution in [-0.2, 0) is 4.74 Å². The lowest BCUT2D eigenvalue weighted by Crippen LogP contribution is -2.39. The number of hydrogen-bond acceptors (Lipinski definition) is 2. The molecule has 0 radical (unpaired) electrons. The second-order valence-corrected chi connectivity index (χ2v) is 5.93. The molecule has 0 saturated carbocycles. The molecule has 0 bridgehead atoms. The quantitative estimate of drug-likeness (QED) is 0.829. The van der Waals surface area contributed by atoms with Crippen LogP contribution in [-0.4, -0.2) is 24.6 Å². The standard InChI is InChI=1S/C18H20ClNO/c1-14(15-5-3-2-4-6-15)20-11-12-21-18(13-20)16-7-9-17(19)10-8-16/h2-10,14,18H,11-13H2,1H3/t14-,18-/m0/s1. The Morgan fingerprint density at radius 2 is 1.81 bits per heavy atom. The van der Waals surface area contributed by atoms with Gasteiger partial charge in [0.15, 0.2) is 0 Å². The minimum absolute atomic E-state index is 0.127. The lowest BCUT2D eigenvalue weighted by molar-refractivity contribution is -0.0431. The van der Waals surface area contributed by atoms with Gasteiger partial charge in [0.1, 0.15) is 0 Å². The second kappa shape index (κ2) is 6.61. The number of hydrogen-bond donors (Lipinski definition) is 0. The largest absolute Gasteiger partial charge is 0.371 e. The van der Waals surface area contributed by atoms with Gasteiger partial charge >= 0.3 is 0 Å². The summed E-state index contributed by atoms with van der Waals surface area (Å²) in [7, 11) is 0. The van der Waals surface area contributed by atoms with Crippen molar-refractivity contribution in [1.29, 1.82) is 0 Å². The van der Waals surface area contributed by atoms with Crippen molar-refractivity contribution < 1.29 is 4.74 Å². The van der Waals surface area contributed by atoms with Crippen LogP contribution in [0.15, 0.2) is 54.6 Å². The molecular formula is C18H20ClNO. The Kier molecular flexibility index (Phi) is 4.59. The predicted octanol–water partition coefficient (Wildman–Crippen LogP) is 4.47. The SMILES string of the molecule is C[C@@H](c1ccccc1)N1CCO[C@H](c2ccc(Cl)cc2)C1. The van der Waals surface area contributed by atoms with Crippen LogP contribution >= 0.6 is 11.6 Å². The van der Waals surface area contributed by atoms with Crippen molar-refractivity contribution in [2.75, 3.05) is 19.7 Å². The molecule has 0 aliphatic carbocycles. The van der Waals surface area contributed by atoms with Crippen LogP contribution in [0.3, 0.4) is 0 Å². The van der Waals surface area contributed by atoms with E-state index in [-0.39, 0.29) is 6.10 Å². The Morgan fingerprint density at radius 1 is 1.10 bits per heavy atom. The molecule has 2 atom stereocenters. The van der Waals surface area contributed by atoms with Crippen molar-refractivity contribution in [2.45, 2.75) is 19.1 Å². The van der Waals surface area contributed by atoms with Crippen LogP contribution in [0.2, 0.25) is 5.02 Å². The molecule has 2 nitrogen and oxygen atoms in total. The molecule has 1 fully saturated rings. The summed E-state index contributed by atoms with van der Waals surface area (Å²) in [5, 5.41) is 0.768. The highest BCUT2D eigenvalue weighted by atomic mass is 35.5. The third kappa shape index (κ3) is 3.46. The minimum Gasteiger partial charge on any atom is -0.371 e. The van der Waals surface area contributed by atoms with E-state index in [0.717, 1.165) is 24.7 Å². The van der Waals surface area contributed by atoms with Crippen molar-refractivity contribution in [3.05, 3.63) is 70.7 Å². The monoisotopic (exact) mass is 301 g/mol. The van der Waals surface area contributed by atoms with Crippen LogP contribution in [0.1, 0.15) is 30.2 Å². The minimum atomic E-state index is 0.127. The zero-order chi connectivity index (χ0) is 14.7. The fourth-order valence-corrected chi connectivity index (χ4v) is 2.97. The molecule has 3 rings (SSSR count). The van der Waals surface area contributed by atoms with E-state index in [9.17, 15) is 0 Å². The molecule has 0 spiro atoms. The van der Waals surface area contributed by atoms with E-state index in [0.29, 0.717) is 6.04 Å². The van der Waals surface area contributed by atoms with Gasteiger partial charge in [-0.25, -0.2) is 0 Å². The van der Waals surface area contributed by atoms with Gasteiger partial charge in [0.05, 0.1) is 12.7 Å². The summed E-state index contributed by atoms with van der Waals surface area (Å²) in [6.45, 7) is 4.92. The van der Waals surface area contributed by atoms with Gasteiger partial charge in [-0.3, -0.25) is 4.90 Å². The van der Waals surface area contributed by atoms with E-state index in [4.69, 9.17) is 16.3 Å². The molecule has 0 amide bonds. The smallest absolute Gasteiger partial charge is 0.0952 e. The Labute approximate surface area is 131 Å². The highest BCUT2D eigenvalue weighted by Gasteiger charge is 2.25. The number of halogens is 1. The zero-order valence-corrected chi connectivity index (χ0v) is 13.0. The first kappa shape index (κ1) is 14.6. The fraction of sp³-hybridized carbons (Fsp3) is 0.333. The van der Waals surface area contributed by atoms with Gasteiger partial charge in [0, 0.05) is 24.2 Å². The molecule has 0 aromatic heterocycles. The van der Waals surface area contributed by atoms with Gasteiger partial charge in [0.25, 0.3) is 0 Å². The van der Waals surface area contributed by atoms with E-state index in [1.807, 2.05) is 12.1 Å². The molecule has 0 N–H and O–H groups in total. The fourth-order valence-electron chi connectivity index (χ4n) is 2.84. The van der Waals surface area contributed by atoms with Crippen LogP contribution in [0.5, 0.6) is 0 Å². The van der Waals surface area contributed by atoms with E-state index in [1.54, 1.807) is 0 Å². The Hall–Kier alpha value is -1.35. The summed E-state index contributed by atoms with van der Waals surface area (Å²) in [5.41, 5.74) is 2.55. The molecule has 1 saturated heterocycles. The van der Waals surface area contributed by atoms with Gasteiger partial charge in [-0.2, -0.15) is 0 Å². The van der Waals surface area contributed by atoms with E-state index in [2.05, 4.69) is 54.3 Å². The first-order valence-electron chi connectivity index (χ1n) is 7.40. The molecule has 1 heterocycles. The molecular weight excluding hydrogens is 282 g/mol. The van der Waals surface area contributed by atoms with Crippen LogP contribution in [0.25, 0.3) is 0 Å². The Morgan fingerprint density at radius 3 is 2.52 bits per heavy atom. The predicted molar refractivity (Wildman–Crippen MR) is 86.6 cm³/mol. The maximum absolute atomic E-state index is 5.96. The summed E-state index contributed by atoms with van der Waals surface area (Å²) in [4.78, 5) is 2.48. The van der Waals surface area contributed by atoms with Crippen molar-refractivity contribution in [1.82, 2.24) is 4.90 Å². The number of nitrogens with zero attached hydrogens (tertiary/aromatic N) is 1. The number of morpholine rings is 1. The lowest BCUT2D eigenvalue weighted by atomic mass is 10.0. The average molecular weight is 302 g/mol. The molecule has 21 heavy (non-hydrogen) atoms. The highest BCUT2D eigenvalue weighted by Crippen LogP contribution is 2.29. The van der Waals surface area contributed by atoms with Crippen molar-refractivity contribution in [3.8, 4) is 0 Å². The molecule has 110 valence electrons. The van der Waals surface area contributed by atoms with Gasteiger partial charge in [0.2, 0.25) is 0 Å². The van der Waals surface area contributed by atoms with E-state index < -0.39 is 0 Å². The summed E-state index contributed by atoms with van der Waals surface area (Å²) < 4.78 is 5.94. The van der Waals surface area contributed by atoms with Gasteiger partial charge in [-0.15, -0.1) is 0 Å². The van der Waals surface area contributed by atoms with Crippen molar-refractivity contribution >= 4 is 11.6 Å².